The van der Waals surface area contributed by atoms with E-state index in [1.807, 2.05) is 24.3 Å². The van der Waals surface area contributed by atoms with Gasteiger partial charge in [-0.1, -0.05) is 44.0 Å². The predicted octanol–water partition coefficient (Wildman–Crippen LogP) is 4.51. The lowest BCUT2D eigenvalue weighted by molar-refractivity contribution is 0.0929. The minimum Gasteiger partial charge on any atom is -0.371 e. The molecular formula is C24H30ClN3O2. The summed E-state index contributed by atoms with van der Waals surface area (Å²) in [5, 5.41) is 6.79. The lowest BCUT2D eigenvalue weighted by atomic mass is 10.0. The molecule has 30 heavy (non-hydrogen) atoms. The van der Waals surface area contributed by atoms with Gasteiger partial charge in [0.05, 0.1) is 5.56 Å². The standard InChI is InChI=1S/C24H30ClN3O2/c1-3-17(2)16-26-24(30)21-6-4-5-7-22(21)28-14-12-20(13-15-28)27-23(29)18-8-10-19(25)11-9-18/h4-11,17,20H,3,12-16H2,1-2H3,(H,26,30)(H,27,29)/t17-/m1/s1. The molecule has 1 aliphatic heterocycles. The zero-order valence-electron chi connectivity index (χ0n) is 17.7. The zero-order chi connectivity index (χ0) is 21.5. The maximum atomic E-state index is 12.7. The molecule has 0 spiro atoms. The Kier molecular flexibility index (Phi) is 7.75. The number of piperidine rings is 1. The van der Waals surface area contributed by atoms with Gasteiger partial charge in [-0.05, 0) is 55.2 Å². The minimum absolute atomic E-state index is 0.0240. The summed E-state index contributed by atoms with van der Waals surface area (Å²) in [5.41, 5.74) is 2.29. The van der Waals surface area contributed by atoms with Crippen molar-refractivity contribution < 1.29 is 9.59 Å². The second-order valence-corrected chi connectivity index (χ2v) is 8.42. The summed E-state index contributed by atoms with van der Waals surface area (Å²) in [7, 11) is 0. The smallest absolute Gasteiger partial charge is 0.253 e. The van der Waals surface area contributed by atoms with Crippen LogP contribution in [0.3, 0.4) is 0 Å². The van der Waals surface area contributed by atoms with E-state index in [1.54, 1.807) is 24.3 Å². The summed E-state index contributed by atoms with van der Waals surface area (Å²) < 4.78 is 0. The Hall–Kier alpha value is -2.53. The molecule has 1 heterocycles. The van der Waals surface area contributed by atoms with Crippen LogP contribution in [0.5, 0.6) is 0 Å². The van der Waals surface area contributed by atoms with Crippen LogP contribution in [-0.4, -0.2) is 37.5 Å². The highest BCUT2D eigenvalue weighted by Crippen LogP contribution is 2.24. The van der Waals surface area contributed by atoms with Crippen molar-refractivity contribution in [3.8, 4) is 0 Å². The third-order valence-electron chi connectivity index (χ3n) is 5.73. The first-order valence-corrected chi connectivity index (χ1v) is 11.0. The van der Waals surface area contributed by atoms with Gasteiger partial charge in [-0.15, -0.1) is 0 Å². The number of benzene rings is 2. The van der Waals surface area contributed by atoms with E-state index in [0.717, 1.165) is 38.0 Å². The van der Waals surface area contributed by atoms with E-state index in [0.29, 0.717) is 28.6 Å². The maximum absolute atomic E-state index is 12.7. The van der Waals surface area contributed by atoms with Crippen molar-refractivity contribution in [2.75, 3.05) is 24.5 Å². The SMILES string of the molecule is CC[C@@H](C)CNC(=O)c1ccccc1N1CCC(NC(=O)c2ccc(Cl)cc2)CC1. The van der Waals surface area contributed by atoms with Crippen LogP contribution in [0.15, 0.2) is 48.5 Å². The second kappa shape index (κ2) is 10.5. The van der Waals surface area contributed by atoms with Gasteiger partial charge in [0, 0.05) is 41.9 Å². The number of carbonyl (C=O) groups is 2. The summed E-state index contributed by atoms with van der Waals surface area (Å²) >= 11 is 5.89. The minimum atomic E-state index is -0.0741. The molecule has 0 unspecified atom stereocenters. The molecule has 0 bridgehead atoms. The third-order valence-corrected chi connectivity index (χ3v) is 5.99. The fourth-order valence-electron chi connectivity index (χ4n) is 3.58. The Bertz CT molecular complexity index is 861. The van der Waals surface area contributed by atoms with E-state index in [-0.39, 0.29) is 17.9 Å². The van der Waals surface area contributed by atoms with E-state index in [4.69, 9.17) is 11.6 Å². The van der Waals surface area contributed by atoms with Crippen molar-refractivity contribution >= 4 is 29.1 Å². The number of hydrogen-bond donors (Lipinski definition) is 2. The molecule has 2 N–H and O–H groups in total. The summed E-state index contributed by atoms with van der Waals surface area (Å²) in [5.74, 6) is 0.361. The van der Waals surface area contributed by atoms with Gasteiger partial charge in [0.25, 0.3) is 11.8 Å². The molecule has 2 aromatic rings. The molecule has 6 heteroatoms. The van der Waals surface area contributed by atoms with E-state index in [1.165, 1.54) is 0 Å². The molecule has 1 atom stereocenters. The van der Waals surface area contributed by atoms with Crippen LogP contribution in [0, 0.1) is 5.92 Å². The van der Waals surface area contributed by atoms with Crippen LogP contribution >= 0.6 is 11.6 Å². The molecule has 0 saturated carbocycles. The molecule has 0 aliphatic carbocycles. The van der Waals surface area contributed by atoms with Crippen LogP contribution in [0.25, 0.3) is 0 Å². The molecule has 160 valence electrons. The average Bonchev–Trinajstić information content (AvgIpc) is 2.78. The van der Waals surface area contributed by atoms with Crippen LogP contribution < -0.4 is 15.5 Å². The van der Waals surface area contributed by atoms with Gasteiger partial charge in [0.15, 0.2) is 0 Å². The van der Waals surface area contributed by atoms with E-state index in [9.17, 15) is 9.59 Å². The van der Waals surface area contributed by atoms with E-state index >= 15 is 0 Å². The molecule has 3 rings (SSSR count). The highest BCUT2D eigenvalue weighted by atomic mass is 35.5. The van der Waals surface area contributed by atoms with Crippen molar-refractivity contribution in [2.45, 2.75) is 39.2 Å². The average molecular weight is 428 g/mol. The lowest BCUT2D eigenvalue weighted by Gasteiger charge is -2.35. The number of nitrogens with zero attached hydrogens (tertiary/aromatic N) is 1. The normalized spacial score (nSPS) is 15.5. The van der Waals surface area contributed by atoms with Crippen molar-refractivity contribution in [1.82, 2.24) is 10.6 Å². The van der Waals surface area contributed by atoms with Gasteiger partial charge in [0.2, 0.25) is 0 Å². The van der Waals surface area contributed by atoms with Gasteiger partial charge in [0.1, 0.15) is 0 Å². The van der Waals surface area contributed by atoms with Crippen LogP contribution in [0.2, 0.25) is 5.02 Å². The predicted molar refractivity (Wildman–Crippen MR) is 122 cm³/mol. The molecular weight excluding hydrogens is 398 g/mol. The van der Waals surface area contributed by atoms with Gasteiger partial charge >= 0.3 is 0 Å². The number of halogens is 1. The number of nitrogens with one attached hydrogen (secondary N) is 2. The number of rotatable bonds is 7. The highest BCUT2D eigenvalue weighted by molar-refractivity contribution is 6.30. The maximum Gasteiger partial charge on any atom is 0.253 e. The van der Waals surface area contributed by atoms with Gasteiger partial charge in [-0.25, -0.2) is 0 Å². The van der Waals surface area contributed by atoms with Crippen molar-refractivity contribution in [2.24, 2.45) is 5.92 Å². The van der Waals surface area contributed by atoms with Crippen LogP contribution in [0.1, 0.15) is 53.8 Å². The molecule has 1 fully saturated rings. The number of hydrogen-bond acceptors (Lipinski definition) is 3. The summed E-state index contributed by atoms with van der Waals surface area (Å²) in [6.07, 6.45) is 2.71. The zero-order valence-corrected chi connectivity index (χ0v) is 18.4. The fourth-order valence-corrected chi connectivity index (χ4v) is 3.71. The highest BCUT2D eigenvalue weighted by Gasteiger charge is 2.24. The Morgan fingerprint density at radius 3 is 2.40 bits per heavy atom. The fraction of sp³-hybridized carbons (Fsp3) is 0.417. The second-order valence-electron chi connectivity index (χ2n) is 7.98. The Morgan fingerprint density at radius 2 is 1.73 bits per heavy atom. The molecule has 5 nitrogen and oxygen atoms in total. The number of amides is 2. The first-order chi connectivity index (χ1) is 14.5. The topological polar surface area (TPSA) is 61.4 Å². The van der Waals surface area contributed by atoms with E-state index < -0.39 is 0 Å². The monoisotopic (exact) mass is 427 g/mol. The quantitative estimate of drug-likeness (QED) is 0.683. The van der Waals surface area contributed by atoms with Gasteiger partial charge in [-0.2, -0.15) is 0 Å². The first-order valence-electron chi connectivity index (χ1n) is 10.7. The summed E-state index contributed by atoms with van der Waals surface area (Å²) in [6.45, 7) is 6.53. The van der Waals surface area contributed by atoms with Crippen molar-refractivity contribution in [1.29, 1.82) is 0 Å². The molecule has 2 amide bonds. The molecule has 1 saturated heterocycles. The largest absolute Gasteiger partial charge is 0.371 e. The number of carbonyl (C=O) groups excluding carboxylic acids is 2. The molecule has 0 radical (unpaired) electrons. The van der Waals surface area contributed by atoms with Gasteiger partial charge in [-0.3, -0.25) is 9.59 Å². The number of anilines is 1. The molecule has 0 aromatic heterocycles. The Balaban J connectivity index is 1.58. The molecule has 1 aliphatic rings. The lowest BCUT2D eigenvalue weighted by Crippen LogP contribution is -2.45. The summed E-state index contributed by atoms with van der Waals surface area (Å²) in [6, 6.07) is 14.8. The Morgan fingerprint density at radius 1 is 1.07 bits per heavy atom. The van der Waals surface area contributed by atoms with Crippen LogP contribution in [0.4, 0.5) is 5.69 Å². The Labute approximate surface area is 183 Å². The van der Waals surface area contributed by atoms with E-state index in [2.05, 4.69) is 29.4 Å². The first kappa shape index (κ1) is 22.2. The number of para-hydroxylation sites is 1. The third kappa shape index (κ3) is 5.76. The van der Waals surface area contributed by atoms with Crippen molar-refractivity contribution in [3.63, 3.8) is 0 Å². The molecule has 2 aromatic carbocycles. The van der Waals surface area contributed by atoms with Crippen LogP contribution in [-0.2, 0) is 0 Å². The van der Waals surface area contributed by atoms with Crippen molar-refractivity contribution in [3.05, 3.63) is 64.7 Å². The summed E-state index contributed by atoms with van der Waals surface area (Å²) in [4.78, 5) is 27.4. The van der Waals surface area contributed by atoms with Gasteiger partial charge < -0.3 is 15.5 Å².